The highest BCUT2D eigenvalue weighted by atomic mass is 32.2. The van der Waals surface area contributed by atoms with Crippen molar-refractivity contribution in [3.63, 3.8) is 0 Å². The van der Waals surface area contributed by atoms with E-state index in [0.29, 0.717) is 11.4 Å². The van der Waals surface area contributed by atoms with Crippen LogP contribution in [0.5, 0.6) is 0 Å². The van der Waals surface area contributed by atoms with Crippen molar-refractivity contribution in [3.05, 3.63) is 29.8 Å². The Morgan fingerprint density at radius 3 is 2.57 bits per heavy atom. The fourth-order valence-corrected chi connectivity index (χ4v) is 4.10. The number of hydrogen-bond acceptors (Lipinski definition) is 4. The zero-order chi connectivity index (χ0) is 15.3. The number of aryl methyl sites for hydroxylation is 1. The van der Waals surface area contributed by atoms with Gasteiger partial charge in [-0.25, -0.2) is 8.42 Å². The smallest absolute Gasteiger partial charge is 0.243 e. The lowest BCUT2D eigenvalue weighted by molar-refractivity contribution is 0.246. The largest absolute Gasteiger partial charge is 0.395 e. The second-order valence-corrected chi connectivity index (χ2v) is 7.32. The van der Waals surface area contributed by atoms with Crippen molar-refractivity contribution in [2.75, 3.05) is 26.2 Å². The number of nitrogens with zero attached hydrogens (tertiary/aromatic N) is 1. The van der Waals surface area contributed by atoms with E-state index in [1.807, 2.05) is 19.1 Å². The molecule has 5 nitrogen and oxygen atoms in total. The molecule has 21 heavy (non-hydrogen) atoms. The highest BCUT2D eigenvalue weighted by Crippen LogP contribution is 2.18. The predicted molar refractivity (Wildman–Crippen MR) is 82.7 cm³/mol. The molecule has 0 amide bonds. The van der Waals surface area contributed by atoms with Gasteiger partial charge < -0.3 is 10.4 Å². The Labute approximate surface area is 127 Å². The van der Waals surface area contributed by atoms with Crippen molar-refractivity contribution in [1.82, 2.24) is 9.62 Å². The normalized spacial score (nSPS) is 19.3. The Bertz CT molecular complexity index is 537. The summed E-state index contributed by atoms with van der Waals surface area (Å²) in [7, 11) is -3.54. The lowest BCUT2D eigenvalue weighted by Gasteiger charge is -2.24. The molecule has 2 rings (SSSR count). The second kappa shape index (κ2) is 7.35. The number of aliphatic hydroxyl groups is 1. The molecule has 1 aliphatic heterocycles. The average Bonchev–Trinajstić information content (AvgIpc) is 3.00. The number of benzene rings is 1. The molecule has 0 saturated carbocycles. The number of nitrogens with one attached hydrogen (secondary N) is 1. The Kier molecular flexibility index (Phi) is 5.75. The number of rotatable bonds is 7. The van der Waals surface area contributed by atoms with Gasteiger partial charge in [-0.3, -0.25) is 0 Å². The third-order valence-electron chi connectivity index (χ3n) is 3.91. The van der Waals surface area contributed by atoms with Crippen LogP contribution in [0.15, 0.2) is 29.2 Å². The predicted octanol–water partition coefficient (Wildman–Crippen LogP) is 0.984. The summed E-state index contributed by atoms with van der Waals surface area (Å²) in [5, 5.41) is 12.5. The quantitative estimate of drug-likeness (QED) is 0.787. The summed E-state index contributed by atoms with van der Waals surface area (Å²) in [6.07, 6.45) is 2.93. The van der Waals surface area contributed by atoms with Gasteiger partial charge in [-0.1, -0.05) is 19.1 Å². The zero-order valence-corrected chi connectivity index (χ0v) is 13.3. The van der Waals surface area contributed by atoms with E-state index in [1.54, 1.807) is 12.1 Å². The van der Waals surface area contributed by atoms with E-state index < -0.39 is 10.0 Å². The lowest BCUT2D eigenvalue weighted by atomic mass is 10.2. The van der Waals surface area contributed by atoms with Crippen LogP contribution in [0.3, 0.4) is 0 Å². The molecule has 1 aromatic carbocycles. The minimum Gasteiger partial charge on any atom is -0.395 e. The minimum absolute atomic E-state index is 0.135. The molecule has 2 N–H and O–H groups in total. The maximum atomic E-state index is 12.7. The molecule has 0 aliphatic carbocycles. The van der Waals surface area contributed by atoms with Gasteiger partial charge in [-0.2, -0.15) is 4.31 Å². The molecule has 1 unspecified atom stereocenters. The van der Waals surface area contributed by atoms with Crippen molar-refractivity contribution in [3.8, 4) is 0 Å². The molecule has 1 atom stereocenters. The summed E-state index contributed by atoms with van der Waals surface area (Å²) in [5.41, 5.74) is 1.11. The van der Waals surface area contributed by atoms with Crippen molar-refractivity contribution in [1.29, 1.82) is 0 Å². The summed E-state index contributed by atoms with van der Waals surface area (Å²) < 4.78 is 26.8. The Morgan fingerprint density at radius 1 is 1.33 bits per heavy atom. The molecule has 1 aromatic rings. The van der Waals surface area contributed by atoms with Crippen LogP contribution < -0.4 is 5.32 Å². The van der Waals surface area contributed by atoms with Crippen molar-refractivity contribution >= 4 is 10.0 Å². The van der Waals surface area contributed by atoms with Crippen LogP contribution in [0, 0.1) is 0 Å². The molecule has 6 heteroatoms. The Balaban J connectivity index is 2.18. The minimum atomic E-state index is -3.54. The first-order chi connectivity index (χ1) is 10.1. The van der Waals surface area contributed by atoms with E-state index in [2.05, 4.69) is 5.32 Å². The summed E-state index contributed by atoms with van der Waals surface area (Å²) in [5.74, 6) is 0. The molecule has 1 aliphatic rings. The standard InChI is InChI=1S/C15H24N2O3S/c1-2-13-5-7-15(8-6-13)21(19,20)17(10-11-18)12-14-4-3-9-16-14/h5-8,14,16,18H,2-4,9-12H2,1H3. The van der Waals surface area contributed by atoms with E-state index in [9.17, 15) is 13.5 Å². The van der Waals surface area contributed by atoms with Crippen LogP contribution in [-0.2, 0) is 16.4 Å². The molecule has 118 valence electrons. The van der Waals surface area contributed by atoms with Gasteiger partial charge in [-0.05, 0) is 43.5 Å². The fraction of sp³-hybridized carbons (Fsp3) is 0.600. The van der Waals surface area contributed by atoms with Crippen LogP contribution in [-0.4, -0.2) is 50.1 Å². The van der Waals surface area contributed by atoms with Gasteiger partial charge in [0.25, 0.3) is 0 Å². The highest BCUT2D eigenvalue weighted by Gasteiger charge is 2.27. The maximum absolute atomic E-state index is 12.7. The summed E-state index contributed by atoms with van der Waals surface area (Å²) in [6, 6.07) is 7.18. The first-order valence-electron chi connectivity index (χ1n) is 7.51. The fourth-order valence-electron chi connectivity index (χ4n) is 2.63. The van der Waals surface area contributed by atoms with Gasteiger partial charge in [0, 0.05) is 19.1 Å². The molecular formula is C15H24N2O3S. The van der Waals surface area contributed by atoms with E-state index in [1.165, 1.54) is 4.31 Å². The zero-order valence-electron chi connectivity index (χ0n) is 12.5. The van der Waals surface area contributed by atoms with Gasteiger partial charge in [0.1, 0.15) is 0 Å². The summed E-state index contributed by atoms with van der Waals surface area (Å²) in [4.78, 5) is 0.297. The van der Waals surface area contributed by atoms with Crippen LogP contribution in [0.4, 0.5) is 0 Å². The van der Waals surface area contributed by atoms with Crippen LogP contribution in [0.25, 0.3) is 0 Å². The van der Waals surface area contributed by atoms with Crippen LogP contribution in [0.1, 0.15) is 25.3 Å². The number of sulfonamides is 1. The SMILES string of the molecule is CCc1ccc(S(=O)(=O)N(CCO)CC2CCCN2)cc1. The van der Waals surface area contributed by atoms with Gasteiger partial charge in [0.15, 0.2) is 0 Å². The van der Waals surface area contributed by atoms with Crippen molar-refractivity contribution < 1.29 is 13.5 Å². The van der Waals surface area contributed by atoms with Gasteiger partial charge in [0.05, 0.1) is 11.5 Å². The van der Waals surface area contributed by atoms with Gasteiger partial charge in [0.2, 0.25) is 10.0 Å². The molecule has 0 spiro atoms. The third kappa shape index (κ3) is 4.03. The van der Waals surface area contributed by atoms with Crippen LogP contribution in [0.2, 0.25) is 0 Å². The average molecular weight is 312 g/mol. The van der Waals surface area contributed by atoms with E-state index in [4.69, 9.17) is 0 Å². The molecule has 0 radical (unpaired) electrons. The molecule has 1 heterocycles. The van der Waals surface area contributed by atoms with Crippen molar-refractivity contribution in [2.24, 2.45) is 0 Å². The van der Waals surface area contributed by atoms with Crippen LogP contribution >= 0.6 is 0 Å². The van der Waals surface area contributed by atoms with E-state index in [0.717, 1.165) is 31.4 Å². The first-order valence-corrected chi connectivity index (χ1v) is 8.95. The highest BCUT2D eigenvalue weighted by molar-refractivity contribution is 7.89. The summed E-state index contributed by atoms with van der Waals surface area (Å²) >= 11 is 0. The third-order valence-corrected chi connectivity index (χ3v) is 5.78. The number of aliphatic hydroxyl groups excluding tert-OH is 1. The Morgan fingerprint density at radius 2 is 2.05 bits per heavy atom. The monoisotopic (exact) mass is 312 g/mol. The topological polar surface area (TPSA) is 69.6 Å². The Hall–Kier alpha value is -0.950. The van der Waals surface area contributed by atoms with Gasteiger partial charge in [-0.15, -0.1) is 0 Å². The van der Waals surface area contributed by atoms with Gasteiger partial charge >= 0.3 is 0 Å². The molecule has 1 saturated heterocycles. The molecular weight excluding hydrogens is 288 g/mol. The first kappa shape index (κ1) is 16.4. The van der Waals surface area contributed by atoms with Crippen molar-refractivity contribution in [2.45, 2.75) is 37.1 Å². The second-order valence-electron chi connectivity index (χ2n) is 5.38. The van der Waals surface area contributed by atoms with E-state index >= 15 is 0 Å². The molecule has 0 bridgehead atoms. The van der Waals surface area contributed by atoms with E-state index in [-0.39, 0.29) is 19.2 Å². The molecule has 1 fully saturated rings. The maximum Gasteiger partial charge on any atom is 0.243 e. The lowest BCUT2D eigenvalue weighted by Crippen LogP contribution is -2.42. The molecule has 0 aromatic heterocycles. The summed E-state index contributed by atoms with van der Waals surface area (Å²) in [6.45, 7) is 3.35. The number of hydrogen-bond donors (Lipinski definition) is 2.